The number of halogens is 1. The molecule has 1 N–H and O–H groups in total. The zero-order chi connectivity index (χ0) is 14.0. The van der Waals surface area contributed by atoms with Gasteiger partial charge in [0.1, 0.15) is 11.6 Å². The molecule has 0 aromatic heterocycles. The van der Waals surface area contributed by atoms with Crippen LogP contribution in [-0.4, -0.2) is 47.6 Å². The van der Waals surface area contributed by atoms with E-state index < -0.39 is 5.82 Å². The maximum Gasteiger partial charge on any atom is 0.180 e. The summed E-state index contributed by atoms with van der Waals surface area (Å²) in [5.74, 6) is -0.989. The number of carbonyl (C=O) groups is 1. The fourth-order valence-electron chi connectivity index (χ4n) is 2.27. The molecule has 2 rings (SSSR count). The second-order valence-electron chi connectivity index (χ2n) is 5.40. The summed E-state index contributed by atoms with van der Waals surface area (Å²) in [6.07, 6.45) is 0. The number of Topliss-reactive ketones (excluding diaryl/α,β-unsaturated/α-hetero) is 1. The highest BCUT2D eigenvalue weighted by Crippen LogP contribution is 2.21. The number of phenolic OH excluding ortho intramolecular Hbond substituents is 1. The molecule has 0 aliphatic carbocycles. The van der Waals surface area contributed by atoms with Gasteiger partial charge in [0.05, 0.1) is 24.3 Å². The first-order chi connectivity index (χ1) is 8.87. The van der Waals surface area contributed by atoms with Gasteiger partial charge in [-0.3, -0.25) is 9.69 Å². The van der Waals surface area contributed by atoms with Gasteiger partial charge in [-0.05, 0) is 32.0 Å². The lowest BCUT2D eigenvalue weighted by molar-refractivity contribution is -0.0833. The number of aromatic hydroxyl groups is 1. The van der Waals surface area contributed by atoms with Crippen molar-refractivity contribution in [2.75, 3.05) is 26.2 Å². The number of nitrogens with zero attached hydrogens (tertiary/aromatic N) is 1. The molecule has 5 heteroatoms. The fourth-order valence-corrected chi connectivity index (χ4v) is 2.27. The molecule has 0 amide bonds. The van der Waals surface area contributed by atoms with Crippen molar-refractivity contribution in [3.63, 3.8) is 0 Å². The van der Waals surface area contributed by atoms with Crippen molar-refractivity contribution in [2.45, 2.75) is 19.4 Å². The number of benzene rings is 1. The number of hydrogen-bond acceptors (Lipinski definition) is 4. The summed E-state index contributed by atoms with van der Waals surface area (Å²) in [5, 5.41) is 9.61. The number of ketones is 1. The Kier molecular flexibility index (Phi) is 3.87. The summed E-state index contributed by atoms with van der Waals surface area (Å²) in [5.41, 5.74) is -0.257. The van der Waals surface area contributed by atoms with Crippen molar-refractivity contribution in [3.8, 4) is 5.75 Å². The van der Waals surface area contributed by atoms with Crippen molar-refractivity contribution in [1.29, 1.82) is 0 Å². The minimum Gasteiger partial charge on any atom is -0.507 e. The van der Waals surface area contributed by atoms with E-state index in [1.165, 1.54) is 6.07 Å². The lowest BCUT2D eigenvalue weighted by Crippen LogP contribution is -2.49. The van der Waals surface area contributed by atoms with Gasteiger partial charge in [0.25, 0.3) is 0 Å². The number of rotatable bonds is 3. The monoisotopic (exact) mass is 267 g/mol. The van der Waals surface area contributed by atoms with Crippen molar-refractivity contribution < 1.29 is 19.0 Å². The average Bonchev–Trinajstić information content (AvgIpc) is 2.31. The quantitative estimate of drug-likeness (QED) is 0.849. The molecule has 104 valence electrons. The van der Waals surface area contributed by atoms with Gasteiger partial charge >= 0.3 is 0 Å². The van der Waals surface area contributed by atoms with Crippen molar-refractivity contribution in [1.82, 2.24) is 4.90 Å². The number of morpholine rings is 1. The van der Waals surface area contributed by atoms with Crippen LogP contribution in [0, 0.1) is 5.82 Å². The van der Waals surface area contributed by atoms with Crippen molar-refractivity contribution in [3.05, 3.63) is 29.6 Å². The van der Waals surface area contributed by atoms with Crippen molar-refractivity contribution >= 4 is 5.78 Å². The fraction of sp³-hybridized carbons (Fsp3) is 0.500. The van der Waals surface area contributed by atoms with Crippen LogP contribution < -0.4 is 0 Å². The SMILES string of the molecule is CC1(C)CN(CC(=O)c2cc(F)ccc2O)CCO1. The van der Waals surface area contributed by atoms with E-state index in [0.717, 1.165) is 12.1 Å². The normalized spacial score (nSPS) is 19.3. The Morgan fingerprint density at radius 1 is 1.53 bits per heavy atom. The van der Waals surface area contributed by atoms with E-state index in [4.69, 9.17) is 4.74 Å². The van der Waals surface area contributed by atoms with E-state index >= 15 is 0 Å². The lowest BCUT2D eigenvalue weighted by Gasteiger charge is -2.37. The zero-order valence-electron chi connectivity index (χ0n) is 11.1. The molecule has 4 nitrogen and oxygen atoms in total. The molecule has 1 aliphatic rings. The van der Waals surface area contributed by atoms with Crippen LogP contribution in [0.1, 0.15) is 24.2 Å². The maximum atomic E-state index is 13.1. The van der Waals surface area contributed by atoms with E-state index in [2.05, 4.69) is 0 Å². The number of ether oxygens (including phenoxy) is 1. The molecule has 0 atom stereocenters. The molecule has 1 saturated heterocycles. The topological polar surface area (TPSA) is 49.8 Å². The second kappa shape index (κ2) is 5.27. The minimum absolute atomic E-state index is 0.0318. The molecule has 1 aliphatic heterocycles. The van der Waals surface area contributed by atoms with Gasteiger partial charge in [-0.2, -0.15) is 0 Å². The van der Waals surface area contributed by atoms with Crippen molar-refractivity contribution in [2.24, 2.45) is 0 Å². The predicted molar refractivity (Wildman–Crippen MR) is 68.9 cm³/mol. The molecule has 0 radical (unpaired) electrons. The molecule has 0 spiro atoms. The molecule has 0 saturated carbocycles. The Hall–Kier alpha value is -1.46. The summed E-state index contributed by atoms with van der Waals surface area (Å²) in [4.78, 5) is 14.0. The molecule has 19 heavy (non-hydrogen) atoms. The molecule has 1 fully saturated rings. The Balaban J connectivity index is 2.06. The van der Waals surface area contributed by atoms with Crippen LogP contribution in [0.25, 0.3) is 0 Å². The Bertz CT molecular complexity index is 488. The average molecular weight is 267 g/mol. The van der Waals surface area contributed by atoms with E-state index in [0.29, 0.717) is 19.7 Å². The summed E-state index contributed by atoms with van der Waals surface area (Å²) < 4.78 is 18.7. The molecular formula is C14H18FNO3. The summed E-state index contributed by atoms with van der Waals surface area (Å²) >= 11 is 0. The third-order valence-corrected chi connectivity index (χ3v) is 3.13. The van der Waals surface area contributed by atoms with E-state index in [9.17, 15) is 14.3 Å². The molecule has 0 unspecified atom stereocenters. The summed E-state index contributed by atoms with van der Waals surface area (Å²) in [7, 11) is 0. The third-order valence-electron chi connectivity index (χ3n) is 3.13. The Morgan fingerprint density at radius 3 is 2.95 bits per heavy atom. The van der Waals surface area contributed by atoms with Crippen LogP contribution in [-0.2, 0) is 4.74 Å². The number of hydrogen-bond donors (Lipinski definition) is 1. The molecule has 0 bridgehead atoms. The van der Waals surface area contributed by atoms with Gasteiger partial charge < -0.3 is 9.84 Å². The smallest absolute Gasteiger partial charge is 0.180 e. The standard InChI is InChI=1S/C14H18FNO3/c1-14(2)9-16(5-6-19-14)8-13(18)11-7-10(15)3-4-12(11)17/h3-4,7,17H,5-6,8-9H2,1-2H3. The van der Waals surface area contributed by atoms with Crippen LogP contribution in [0.4, 0.5) is 4.39 Å². The lowest BCUT2D eigenvalue weighted by atomic mass is 10.1. The first kappa shape index (κ1) is 14.0. The van der Waals surface area contributed by atoms with Crippen LogP contribution in [0.2, 0.25) is 0 Å². The molecular weight excluding hydrogens is 249 g/mol. The predicted octanol–water partition coefficient (Wildman–Crippen LogP) is 1.82. The van der Waals surface area contributed by atoms with Gasteiger partial charge in [0, 0.05) is 13.1 Å². The maximum absolute atomic E-state index is 13.1. The first-order valence-electron chi connectivity index (χ1n) is 6.25. The van der Waals surface area contributed by atoms with E-state index in [1.54, 1.807) is 0 Å². The summed E-state index contributed by atoms with van der Waals surface area (Å²) in [6, 6.07) is 3.40. The highest BCUT2D eigenvalue weighted by molar-refractivity contribution is 6.00. The molecule has 1 aromatic carbocycles. The highest BCUT2D eigenvalue weighted by atomic mass is 19.1. The second-order valence-corrected chi connectivity index (χ2v) is 5.40. The van der Waals surface area contributed by atoms with Gasteiger partial charge in [0.15, 0.2) is 5.78 Å². The van der Waals surface area contributed by atoms with Gasteiger partial charge in [-0.1, -0.05) is 0 Å². The summed E-state index contributed by atoms with van der Waals surface area (Å²) in [6.45, 7) is 5.94. The van der Waals surface area contributed by atoms with Crippen LogP contribution >= 0.6 is 0 Å². The third kappa shape index (κ3) is 3.52. The minimum atomic E-state index is -0.525. The van der Waals surface area contributed by atoms with E-state index in [-0.39, 0.29) is 29.2 Å². The van der Waals surface area contributed by atoms with Gasteiger partial charge in [-0.15, -0.1) is 0 Å². The highest BCUT2D eigenvalue weighted by Gasteiger charge is 2.28. The van der Waals surface area contributed by atoms with Gasteiger partial charge in [0.2, 0.25) is 0 Å². The number of carbonyl (C=O) groups excluding carboxylic acids is 1. The largest absolute Gasteiger partial charge is 0.507 e. The van der Waals surface area contributed by atoms with E-state index in [1.807, 2.05) is 18.7 Å². The molecule has 1 aromatic rings. The Labute approximate surface area is 111 Å². The zero-order valence-corrected chi connectivity index (χ0v) is 11.1. The van der Waals surface area contributed by atoms with Gasteiger partial charge in [-0.25, -0.2) is 4.39 Å². The first-order valence-corrected chi connectivity index (χ1v) is 6.25. The van der Waals surface area contributed by atoms with Crippen LogP contribution in [0.15, 0.2) is 18.2 Å². The van der Waals surface area contributed by atoms with Crippen LogP contribution in [0.3, 0.4) is 0 Å². The Morgan fingerprint density at radius 2 is 2.26 bits per heavy atom. The number of phenols is 1. The molecule has 1 heterocycles. The van der Waals surface area contributed by atoms with Crippen LogP contribution in [0.5, 0.6) is 5.75 Å².